The lowest BCUT2D eigenvalue weighted by Crippen LogP contribution is -2.43. The van der Waals surface area contributed by atoms with E-state index in [1.807, 2.05) is 0 Å². The van der Waals surface area contributed by atoms with Gasteiger partial charge >= 0.3 is 7.60 Å². The molecule has 160 valence electrons. The molecule has 2 aromatic rings. The first kappa shape index (κ1) is 20.5. The highest BCUT2D eigenvalue weighted by Gasteiger charge is 2.61. The number of rotatable bonds is 5. The first-order valence-electron chi connectivity index (χ1n) is 9.57. The fraction of sp³-hybridized carbons (Fsp3) is 0.706. The molecule has 29 heavy (non-hydrogen) atoms. The minimum absolute atomic E-state index is 0.0234. The zero-order valence-electron chi connectivity index (χ0n) is 16.7. The van der Waals surface area contributed by atoms with E-state index in [-0.39, 0.29) is 29.7 Å². The number of alkyl halides is 1. The number of aromatic nitrogens is 4. The van der Waals surface area contributed by atoms with Crippen LogP contribution in [0.4, 0.5) is 10.3 Å². The van der Waals surface area contributed by atoms with Crippen molar-refractivity contribution >= 4 is 24.7 Å². The van der Waals surface area contributed by atoms with Gasteiger partial charge in [-0.15, -0.1) is 0 Å². The molecule has 10 nitrogen and oxygen atoms in total. The normalized spacial score (nSPS) is 34.6. The van der Waals surface area contributed by atoms with E-state index in [1.54, 1.807) is 20.8 Å². The molecule has 2 aromatic heterocycles. The van der Waals surface area contributed by atoms with Crippen LogP contribution in [0.3, 0.4) is 0 Å². The van der Waals surface area contributed by atoms with Crippen molar-refractivity contribution in [1.29, 1.82) is 0 Å². The van der Waals surface area contributed by atoms with Crippen molar-refractivity contribution in [3.63, 3.8) is 0 Å². The zero-order chi connectivity index (χ0) is 21.0. The third-order valence-electron chi connectivity index (χ3n) is 4.95. The van der Waals surface area contributed by atoms with Crippen LogP contribution in [0.1, 0.15) is 40.3 Å². The molecule has 4 rings (SSSR count). The Labute approximate surface area is 167 Å². The molecule has 0 spiro atoms. The van der Waals surface area contributed by atoms with Crippen LogP contribution in [0.5, 0.6) is 5.88 Å². The first-order chi connectivity index (χ1) is 13.6. The van der Waals surface area contributed by atoms with E-state index in [1.165, 1.54) is 17.8 Å². The van der Waals surface area contributed by atoms with Crippen LogP contribution in [-0.2, 0) is 18.3 Å². The molecule has 0 radical (unpaired) electrons. The number of halogens is 1. The van der Waals surface area contributed by atoms with Gasteiger partial charge in [0.05, 0.1) is 31.3 Å². The van der Waals surface area contributed by atoms with Crippen LogP contribution in [0.25, 0.3) is 11.2 Å². The second kappa shape index (κ2) is 7.16. The lowest BCUT2D eigenvalue weighted by atomic mass is 9.97. The molecule has 2 aliphatic rings. The molecule has 2 N–H and O–H groups in total. The second-order valence-electron chi connectivity index (χ2n) is 7.63. The Morgan fingerprint density at radius 3 is 2.93 bits per heavy atom. The topological polar surface area (TPSA) is 124 Å². The van der Waals surface area contributed by atoms with Crippen LogP contribution in [-0.4, -0.2) is 56.3 Å². The number of fused-ring (bicyclic) bond motifs is 2. The van der Waals surface area contributed by atoms with Crippen LogP contribution < -0.4 is 10.5 Å². The summed E-state index contributed by atoms with van der Waals surface area (Å²) < 4.78 is 52.9. The molecule has 0 aromatic carbocycles. The van der Waals surface area contributed by atoms with E-state index < -0.39 is 31.7 Å². The predicted molar refractivity (Wildman–Crippen MR) is 103 cm³/mol. The zero-order valence-corrected chi connectivity index (χ0v) is 17.6. The summed E-state index contributed by atoms with van der Waals surface area (Å²) in [7, 11) is -3.41. The summed E-state index contributed by atoms with van der Waals surface area (Å²) in [6.07, 6.45) is -1.08. The first-order valence-corrected chi connectivity index (χ1v) is 11.3. The van der Waals surface area contributed by atoms with Crippen molar-refractivity contribution in [2.75, 3.05) is 18.5 Å². The Bertz CT molecular complexity index is 967. The molecule has 2 aliphatic heterocycles. The highest BCUT2D eigenvalue weighted by molar-refractivity contribution is 7.53. The molecule has 4 heterocycles. The van der Waals surface area contributed by atoms with Crippen LogP contribution >= 0.6 is 7.60 Å². The van der Waals surface area contributed by atoms with Crippen molar-refractivity contribution < 1.29 is 27.5 Å². The summed E-state index contributed by atoms with van der Waals surface area (Å²) in [5.74, 6) is 0.195. The molecule has 5 atom stereocenters. The SMILES string of the molecule is CCOc1nc(N)nc2c1ncn2[C@@H]1O[C@@H]2CCP(=O)(OC(C)C)O[C@H]2[C@@]1(C)F. The van der Waals surface area contributed by atoms with E-state index in [9.17, 15) is 4.57 Å². The Balaban J connectivity index is 1.70. The van der Waals surface area contributed by atoms with Gasteiger partial charge in [0.1, 0.15) is 6.10 Å². The van der Waals surface area contributed by atoms with Gasteiger partial charge in [-0.2, -0.15) is 9.97 Å². The van der Waals surface area contributed by atoms with E-state index in [0.717, 1.165) is 0 Å². The number of imidazole rings is 1. The van der Waals surface area contributed by atoms with E-state index >= 15 is 4.39 Å². The summed E-state index contributed by atoms with van der Waals surface area (Å²) in [6, 6.07) is 0. The Morgan fingerprint density at radius 1 is 1.48 bits per heavy atom. The minimum Gasteiger partial charge on any atom is -0.476 e. The summed E-state index contributed by atoms with van der Waals surface area (Å²) in [5.41, 5.74) is 4.42. The molecule has 0 amide bonds. The van der Waals surface area contributed by atoms with Crippen LogP contribution in [0.2, 0.25) is 0 Å². The summed E-state index contributed by atoms with van der Waals surface area (Å²) in [6.45, 7) is 7.04. The lowest BCUT2D eigenvalue weighted by molar-refractivity contribution is -0.0448. The number of anilines is 1. The largest absolute Gasteiger partial charge is 0.476 e. The van der Waals surface area contributed by atoms with Gasteiger partial charge in [-0.1, -0.05) is 0 Å². The summed E-state index contributed by atoms with van der Waals surface area (Å²) >= 11 is 0. The average Bonchev–Trinajstić information content (AvgIpc) is 3.13. The molecule has 0 bridgehead atoms. The van der Waals surface area contributed by atoms with Gasteiger partial charge in [-0.25, -0.2) is 9.37 Å². The number of nitrogen functional groups attached to an aromatic ring is 1. The standard InChI is InChI=1S/C17H25FN5O5P/c1-5-25-14-11-13(21-16(19)22-14)23(8-20-11)15-17(4,18)12-10(26-15)6-7-29(24,28-12)27-9(2)3/h8-10,12,15H,5-7H2,1-4H3,(H2,19,21,22)/t10-,12-,15-,17-,29?/m1/s1. The van der Waals surface area contributed by atoms with Crippen LogP contribution in [0.15, 0.2) is 6.33 Å². The van der Waals surface area contributed by atoms with E-state index in [4.69, 9.17) is 24.3 Å². The Hall–Kier alpha value is -1.81. The van der Waals surface area contributed by atoms with Crippen molar-refractivity contribution in [3.05, 3.63) is 6.33 Å². The molecule has 2 fully saturated rings. The molecule has 12 heteroatoms. The molecule has 0 aliphatic carbocycles. The van der Waals surface area contributed by atoms with Gasteiger partial charge in [-0.3, -0.25) is 13.7 Å². The lowest BCUT2D eigenvalue weighted by Gasteiger charge is -2.35. The maximum absolute atomic E-state index is 16.0. The smallest absolute Gasteiger partial charge is 0.331 e. The molecule has 0 saturated carbocycles. The molecular weight excluding hydrogens is 404 g/mol. The molecule has 1 unspecified atom stereocenters. The second-order valence-corrected chi connectivity index (χ2v) is 9.72. The van der Waals surface area contributed by atoms with Crippen molar-refractivity contribution in [3.8, 4) is 5.88 Å². The van der Waals surface area contributed by atoms with Gasteiger partial charge in [0, 0.05) is 0 Å². The number of hydrogen-bond donors (Lipinski definition) is 1. The maximum atomic E-state index is 16.0. The Kier molecular flexibility index (Phi) is 5.05. The third-order valence-corrected chi connectivity index (χ3v) is 7.05. The third kappa shape index (κ3) is 3.50. The minimum atomic E-state index is -3.41. The maximum Gasteiger partial charge on any atom is 0.331 e. The van der Waals surface area contributed by atoms with E-state index in [0.29, 0.717) is 18.5 Å². The fourth-order valence-corrected chi connectivity index (χ4v) is 5.99. The monoisotopic (exact) mass is 429 g/mol. The quantitative estimate of drug-likeness (QED) is 0.715. The molecule has 2 saturated heterocycles. The van der Waals surface area contributed by atoms with Crippen LogP contribution in [0, 0.1) is 0 Å². The van der Waals surface area contributed by atoms with Crippen molar-refractivity contribution in [1.82, 2.24) is 19.5 Å². The number of hydrogen-bond acceptors (Lipinski definition) is 9. The number of nitrogens with two attached hydrogens (primary N) is 1. The molecular formula is C17H25FN5O5P. The van der Waals surface area contributed by atoms with Gasteiger partial charge in [0.25, 0.3) is 0 Å². The fourth-order valence-electron chi connectivity index (χ4n) is 3.83. The van der Waals surface area contributed by atoms with Crippen molar-refractivity contribution in [2.45, 2.75) is 64.3 Å². The summed E-state index contributed by atoms with van der Waals surface area (Å²) in [5, 5.41) is 0. The highest BCUT2D eigenvalue weighted by atomic mass is 31.2. The predicted octanol–water partition coefficient (Wildman–Crippen LogP) is 2.84. The number of ether oxygens (including phenoxy) is 2. The van der Waals surface area contributed by atoms with Gasteiger partial charge in [-0.05, 0) is 34.1 Å². The summed E-state index contributed by atoms with van der Waals surface area (Å²) in [4.78, 5) is 12.5. The highest BCUT2D eigenvalue weighted by Crippen LogP contribution is 2.60. The van der Waals surface area contributed by atoms with Crippen molar-refractivity contribution in [2.24, 2.45) is 0 Å². The van der Waals surface area contributed by atoms with Gasteiger partial charge in [0.15, 0.2) is 23.1 Å². The average molecular weight is 429 g/mol. The van der Waals surface area contributed by atoms with Gasteiger partial charge in [0.2, 0.25) is 11.8 Å². The Morgan fingerprint density at radius 2 is 2.24 bits per heavy atom. The number of nitrogens with zero attached hydrogens (tertiary/aromatic N) is 4. The van der Waals surface area contributed by atoms with E-state index in [2.05, 4.69) is 15.0 Å². The van der Waals surface area contributed by atoms with Gasteiger partial charge < -0.3 is 19.7 Å².